The molecule has 32 heavy (non-hydrogen) atoms. The van der Waals surface area contributed by atoms with E-state index in [1.165, 1.54) is 4.90 Å². The Morgan fingerprint density at radius 3 is 1.66 bits per heavy atom. The molecule has 1 aliphatic rings. The molecule has 0 aliphatic carbocycles. The first-order valence-electron chi connectivity index (χ1n) is 10.7. The zero-order chi connectivity index (χ0) is 20.5. The molecule has 180 valence electrons. The average Bonchev–Trinajstić information content (AvgIpc) is 2.74. The molecule has 9 heteroatoms. The molecule has 0 saturated heterocycles. The second kappa shape index (κ2) is 16.2. The van der Waals surface area contributed by atoms with Gasteiger partial charge in [-0.25, -0.2) is 0 Å². The van der Waals surface area contributed by atoms with Gasteiger partial charge in [-0.3, -0.25) is 14.5 Å². The van der Waals surface area contributed by atoms with Crippen molar-refractivity contribution in [2.75, 3.05) is 45.8 Å². The molecular weight excluding hydrogens is 471 g/mol. The highest BCUT2D eigenvalue weighted by Crippen LogP contribution is 2.29. The van der Waals surface area contributed by atoms with Crippen LogP contribution < -0.4 is 16.0 Å². The molecule has 0 bridgehead atoms. The summed E-state index contributed by atoms with van der Waals surface area (Å²) < 4.78 is 0. The number of nitrogens with one attached hydrogen (secondary N) is 3. The number of halogens is 3. The van der Waals surface area contributed by atoms with Crippen LogP contribution in [0.15, 0.2) is 36.4 Å². The third-order valence-corrected chi connectivity index (χ3v) is 5.26. The number of nitrogens with zero attached hydrogens (tertiary/aromatic N) is 1. The summed E-state index contributed by atoms with van der Waals surface area (Å²) in [5, 5.41) is 11.9. The van der Waals surface area contributed by atoms with E-state index in [-0.39, 0.29) is 49.0 Å². The van der Waals surface area contributed by atoms with Crippen LogP contribution in [-0.4, -0.2) is 62.5 Å². The van der Waals surface area contributed by atoms with Crippen molar-refractivity contribution in [3.05, 3.63) is 47.5 Å². The summed E-state index contributed by atoms with van der Waals surface area (Å²) in [6.45, 7) is 8.43. The zero-order valence-corrected chi connectivity index (χ0v) is 21.0. The molecule has 3 N–H and O–H groups in total. The van der Waals surface area contributed by atoms with Crippen LogP contribution in [0.25, 0.3) is 10.8 Å². The minimum Gasteiger partial charge on any atom is -0.317 e. The van der Waals surface area contributed by atoms with Gasteiger partial charge in [-0.2, -0.15) is 0 Å². The predicted molar refractivity (Wildman–Crippen MR) is 139 cm³/mol. The largest absolute Gasteiger partial charge is 0.317 e. The van der Waals surface area contributed by atoms with Crippen LogP contribution in [0.4, 0.5) is 0 Å². The van der Waals surface area contributed by atoms with E-state index in [9.17, 15) is 9.59 Å². The molecule has 2 aromatic carbocycles. The number of hydrogen-bond donors (Lipinski definition) is 3. The standard InChI is InChI=1S/C23H32N4O2.3ClH/c1-2-24-12-5-13-25-14-6-15-26-16-7-17-27-22(28)19-10-3-8-18-9-4-11-20(21(18)19)23(27)29;;;/h3-4,8-11,24-26H,2,5-7,12-17H2,1H3;3*1H. The van der Waals surface area contributed by atoms with Gasteiger partial charge in [0.05, 0.1) is 0 Å². The summed E-state index contributed by atoms with van der Waals surface area (Å²) in [7, 11) is 0. The Labute approximate surface area is 209 Å². The van der Waals surface area contributed by atoms with E-state index >= 15 is 0 Å². The van der Waals surface area contributed by atoms with Crippen molar-refractivity contribution in [3.63, 3.8) is 0 Å². The molecule has 0 unspecified atom stereocenters. The molecule has 6 nitrogen and oxygen atoms in total. The van der Waals surface area contributed by atoms with Crippen LogP contribution in [0.1, 0.15) is 46.9 Å². The monoisotopic (exact) mass is 504 g/mol. The molecule has 0 spiro atoms. The summed E-state index contributed by atoms with van der Waals surface area (Å²) in [6, 6.07) is 11.3. The summed E-state index contributed by atoms with van der Waals surface area (Å²) >= 11 is 0. The first-order chi connectivity index (χ1) is 14.2. The molecule has 1 aliphatic heterocycles. The van der Waals surface area contributed by atoms with Gasteiger partial charge in [-0.1, -0.05) is 31.2 Å². The Morgan fingerprint density at radius 2 is 1.16 bits per heavy atom. The Balaban J connectivity index is 0.00000320. The predicted octanol–water partition coefficient (Wildman–Crippen LogP) is 3.66. The van der Waals surface area contributed by atoms with Crippen molar-refractivity contribution in [2.24, 2.45) is 0 Å². The van der Waals surface area contributed by atoms with Crippen LogP contribution in [0.5, 0.6) is 0 Å². The lowest BCUT2D eigenvalue weighted by molar-refractivity contribution is 0.0609. The fraction of sp³-hybridized carbons (Fsp3) is 0.478. The SMILES string of the molecule is CCNCCCNCCCNCCCN1C(=O)c2cccc3cccc(c23)C1=O.Cl.Cl.Cl. The fourth-order valence-electron chi connectivity index (χ4n) is 3.75. The summed E-state index contributed by atoms with van der Waals surface area (Å²) in [6.07, 6.45) is 2.97. The molecule has 0 aromatic heterocycles. The quantitative estimate of drug-likeness (QED) is 0.286. The number of rotatable bonds is 13. The van der Waals surface area contributed by atoms with Gasteiger partial charge in [0.15, 0.2) is 0 Å². The lowest BCUT2D eigenvalue weighted by Crippen LogP contribution is -2.41. The number of carbonyl (C=O) groups excluding carboxylic acids is 2. The Hall–Kier alpha value is -1.41. The van der Waals surface area contributed by atoms with Gasteiger partial charge in [-0.05, 0) is 76.0 Å². The Morgan fingerprint density at radius 1 is 0.688 bits per heavy atom. The number of benzene rings is 2. The highest BCUT2D eigenvalue weighted by Gasteiger charge is 2.31. The Kier molecular flexibility index (Phi) is 15.5. The lowest BCUT2D eigenvalue weighted by Gasteiger charge is -2.27. The fourth-order valence-corrected chi connectivity index (χ4v) is 3.75. The van der Waals surface area contributed by atoms with Gasteiger partial charge < -0.3 is 16.0 Å². The van der Waals surface area contributed by atoms with Crippen LogP contribution in [0.2, 0.25) is 0 Å². The molecule has 2 amide bonds. The number of amides is 2. The number of hydrogen-bond acceptors (Lipinski definition) is 5. The van der Waals surface area contributed by atoms with E-state index < -0.39 is 0 Å². The van der Waals surface area contributed by atoms with Gasteiger partial charge in [0.25, 0.3) is 11.8 Å². The van der Waals surface area contributed by atoms with Crippen molar-refractivity contribution in [2.45, 2.75) is 26.2 Å². The van der Waals surface area contributed by atoms with Crippen molar-refractivity contribution in [3.8, 4) is 0 Å². The molecular formula is C23H35Cl3N4O2. The van der Waals surface area contributed by atoms with Crippen LogP contribution >= 0.6 is 37.2 Å². The lowest BCUT2D eigenvalue weighted by atomic mass is 9.94. The van der Waals surface area contributed by atoms with E-state index in [1.807, 2.05) is 36.4 Å². The smallest absolute Gasteiger partial charge is 0.261 e. The highest BCUT2D eigenvalue weighted by molar-refractivity contribution is 6.25. The van der Waals surface area contributed by atoms with Crippen LogP contribution in [0, 0.1) is 0 Å². The molecule has 3 rings (SSSR count). The van der Waals surface area contributed by atoms with E-state index in [2.05, 4.69) is 22.9 Å². The maximum absolute atomic E-state index is 12.8. The van der Waals surface area contributed by atoms with Crippen molar-refractivity contribution < 1.29 is 9.59 Å². The van der Waals surface area contributed by atoms with Crippen molar-refractivity contribution in [1.82, 2.24) is 20.9 Å². The van der Waals surface area contributed by atoms with Gasteiger partial charge >= 0.3 is 0 Å². The van der Waals surface area contributed by atoms with Gasteiger partial charge in [0.1, 0.15) is 0 Å². The molecule has 0 atom stereocenters. The second-order valence-electron chi connectivity index (χ2n) is 7.39. The van der Waals surface area contributed by atoms with Crippen molar-refractivity contribution in [1.29, 1.82) is 0 Å². The van der Waals surface area contributed by atoms with Gasteiger partial charge in [0, 0.05) is 23.1 Å². The summed E-state index contributed by atoms with van der Waals surface area (Å²) in [5.74, 6) is -0.359. The van der Waals surface area contributed by atoms with Crippen molar-refractivity contribution >= 4 is 59.8 Å². The van der Waals surface area contributed by atoms with Crippen LogP contribution in [0.3, 0.4) is 0 Å². The Bertz CT molecular complexity index is 800. The van der Waals surface area contributed by atoms with E-state index in [4.69, 9.17) is 0 Å². The molecule has 0 radical (unpaired) electrons. The molecule has 0 saturated carbocycles. The van der Waals surface area contributed by atoms with Gasteiger partial charge in [-0.15, -0.1) is 37.2 Å². The van der Waals surface area contributed by atoms with E-state index in [1.54, 1.807) is 0 Å². The molecule has 1 heterocycles. The molecule has 2 aromatic rings. The van der Waals surface area contributed by atoms with E-state index in [0.717, 1.165) is 69.3 Å². The molecule has 0 fully saturated rings. The summed E-state index contributed by atoms with van der Waals surface area (Å²) in [4.78, 5) is 27.0. The maximum atomic E-state index is 12.8. The number of imide groups is 1. The first kappa shape index (κ1) is 30.6. The van der Waals surface area contributed by atoms with E-state index in [0.29, 0.717) is 17.7 Å². The minimum atomic E-state index is -0.180. The van der Waals surface area contributed by atoms with Gasteiger partial charge in [0.2, 0.25) is 0 Å². The topological polar surface area (TPSA) is 73.5 Å². The zero-order valence-electron chi connectivity index (χ0n) is 18.5. The maximum Gasteiger partial charge on any atom is 0.261 e. The third kappa shape index (κ3) is 7.87. The highest BCUT2D eigenvalue weighted by atomic mass is 35.5. The summed E-state index contributed by atoms with van der Waals surface area (Å²) in [5.41, 5.74) is 1.26. The third-order valence-electron chi connectivity index (χ3n) is 5.26. The van der Waals surface area contributed by atoms with Crippen LogP contribution in [-0.2, 0) is 0 Å². The first-order valence-corrected chi connectivity index (χ1v) is 10.7. The normalized spacial score (nSPS) is 12.2. The number of carbonyl (C=O) groups is 2. The second-order valence-corrected chi connectivity index (χ2v) is 7.39. The average molecular weight is 506 g/mol. The minimum absolute atomic E-state index is 0.